The van der Waals surface area contributed by atoms with E-state index in [1.54, 1.807) is 0 Å². The highest BCUT2D eigenvalue weighted by Gasteiger charge is 2.90. The Labute approximate surface area is 145 Å². The van der Waals surface area contributed by atoms with Crippen molar-refractivity contribution in [3.63, 3.8) is 0 Å². The average molecular weight is 396 g/mol. The third-order valence-electron chi connectivity index (χ3n) is 4.11. The molecule has 0 unspecified atom stereocenters. The molecule has 3 aliphatic heterocycles. The van der Waals surface area contributed by atoms with Gasteiger partial charge in [-0.25, -0.2) is 28.8 Å². The first-order valence-electron chi connectivity index (χ1n) is 7.01. The van der Waals surface area contributed by atoms with Gasteiger partial charge in [-0.15, -0.1) is 0 Å². The van der Waals surface area contributed by atoms with Crippen LogP contribution in [0.2, 0.25) is 0 Å². The minimum atomic E-state index is -6.53. The fourth-order valence-electron chi connectivity index (χ4n) is 3.18. The molecular formula is C14H4O12S. The summed E-state index contributed by atoms with van der Waals surface area (Å²) in [6.45, 7) is 0. The van der Waals surface area contributed by atoms with Crippen molar-refractivity contribution >= 4 is 33.3 Å². The van der Waals surface area contributed by atoms with E-state index in [0.717, 1.165) is 6.07 Å². The van der Waals surface area contributed by atoms with Gasteiger partial charge in [-0.05, 0) is 12.1 Å². The summed E-state index contributed by atoms with van der Waals surface area (Å²) in [5.74, 6) is -7.31. The number of carbonyl (C=O) groups is 4. The van der Waals surface area contributed by atoms with Gasteiger partial charge in [-0.3, -0.25) is 0 Å². The Kier molecular flexibility index (Phi) is 2.15. The molecule has 0 atom stereocenters. The lowest BCUT2D eigenvalue weighted by Gasteiger charge is -2.60. The zero-order chi connectivity index (χ0) is 19.3. The van der Waals surface area contributed by atoms with Crippen LogP contribution in [-0.4, -0.2) is 23.9 Å². The maximum atomic E-state index is 12.0. The summed E-state index contributed by atoms with van der Waals surface area (Å²) in [5.41, 5.74) is -3.20. The van der Waals surface area contributed by atoms with Crippen molar-refractivity contribution in [2.45, 2.75) is 9.99 Å². The molecule has 2 fully saturated rings. The molecule has 3 aliphatic rings. The average Bonchev–Trinajstić information content (AvgIpc) is 3.08. The van der Waals surface area contributed by atoms with Gasteiger partial charge >= 0.3 is 40.2 Å². The van der Waals surface area contributed by atoms with Gasteiger partial charge in [0.2, 0.25) is 9.42 Å². The highest BCUT2D eigenvalue weighted by Crippen LogP contribution is 3.07. The normalized spacial score (nSPS) is 24.6. The smallest absolute Gasteiger partial charge is 0.412 e. The lowest BCUT2D eigenvalue weighted by Crippen LogP contribution is -2.38. The Morgan fingerprint density at radius 1 is 0.630 bits per heavy atom. The van der Waals surface area contributed by atoms with Gasteiger partial charge in [-0.1, -0.05) is 12.1 Å². The zero-order valence-electron chi connectivity index (χ0n) is 12.6. The van der Waals surface area contributed by atoms with Crippen molar-refractivity contribution in [1.29, 1.82) is 0 Å². The number of rotatable bonds is 0. The first-order chi connectivity index (χ1) is 12.7. The van der Waals surface area contributed by atoms with Crippen molar-refractivity contribution in [1.82, 2.24) is 0 Å². The van der Waals surface area contributed by atoms with Gasteiger partial charge in [0, 0.05) is 5.56 Å². The summed E-state index contributed by atoms with van der Waals surface area (Å²) in [6.07, 6.45) is 0. The van der Waals surface area contributed by atoms with E-state index >= 15 is 0 Å². The van der Waals surface area contributed by atoms with E-state index in [1.807, 2.05) is 0 Å². The van der Waals surface area contributed by atoms with E-state index in [2.05, 4.69) is 0 Å². The first kappa shape index (κ1) is 15.4. The van der Waals surface area contributed by atoms with E-state index in [-0.39, 0.29) is 5.56 Å². The fourth-order valence-corrected chi connectivity index (χ4v) is 7.66. The maximum absolute atomic E-state index is 12.0. The second kappa shape index (κ2) is 3.78. The third kappa shape index (κ3) is 1.30. The zero-order valence-corrected chi connectivity index (χ0v) is 13.4. The molecule has 1 aromatic heterocycles. The number of carbonyl (C=O) groups excluding carboxylic acids is 4. The SMILES string of the molecule is O=C1OS23(OC1=O)(OC(=O)C(=O)O2)c1ccccc1-c1oc(=O)c(=O)oc13. The Bertz CT molecular complexity index is 1210. The Morgan fingerprint density at radius 2 is 1.11 bits per heavy atom. The molecule has 0 N–H and O–H groups in total. The van der Waals surface area contributed by atoms with E-state index in [9.17, 15) is 28.8 Å². The van der Waals surface area contributed by atoms with Crippen LogP contribution in [0.5, 0.6) is 0 Å². The van der Waals surface area contributed by atoms with Crippen molar-refractivity contribution in [2.24, 2.45) is 0 Å². The number of benzene rings is 1. The van der Waals surface area contributed by atoms with E-state index in [4.69, 9.17) is 25.6 Å². The monoisotopic (exact) mass is 396 g/mol. The molecule has 138 valence electrons. The molecule has 0 radical (unpaired) electrons. The summed E-state index contributed by atoms with van der Waals surface area (Å²) in [7, 11) is -6.53. The van der Waals surface area contributed by atoms with Gasteiger partial charge < -0.3 is 25.6 Å². The van der Waals surface area contributed by atoms with Crippen LogP contribution in [0.4, 0.5) is 0 Å². The lowest BCUT2D eigenvalue weighted by molar-refractivity contribution is -0.150. The number of hydrogen-bond donors (Lipinski definition) is 0. The summed E-state index contributed by atoms with van der Waals surface area (Å²) >= 11 is 0. The quantitative estimate of drug-likeness (QED) is 0.536. The van der Waals surface area contributed by atoms with Gasteiger partial charge in [0.15, 0.2) is 5.76 Å². The molecule has 1 aromatic carbocycles. The minimum Gasteiger partial charge on any atom is -0.412 e. The molecular weight excluding hydrogens is 392 g/mol. The summed E-state index contributed by atoms with van der Waals surface area (Å²) < 4.78 is 30.1. The van der Waals surface area contributed by atoms with Crippen molar-refractivity contribution in [2.75, 3.05) is 0 Å². The fraction of sp³-hybridized carbons (Fsp3) is 0. The standard InChI is InChI=1S/C14H4O12S/c15-8-9(16)22-14-7(21-8)5-3-1-2-4-6(5)27(14,23-10(17)11(18)24-27)25-12(19)13(20)26-27/h1-4H. The molecule has 27 heavy (non-hydrogen) atoms. The van der Waals surface area contributed by atoms with Crippen LogP contribution >= 0.6 is 9.42 Å². The van der Waals surface area contributed by atoms with Crippen LogP contribution in [0, 0.1) is 0 Å². The van der Waals surface area contributed by atoms with Crippen LogP contribution in [-0.2, 0) is 35.9 Å². The Morgan fingerprint density at radius 3 is 1.67 bits per heavy atom. The maximum Gasteiger partial charge on any atom is 0.435 e. The first-order valence-corrected chi connectivity index (χ1v) is 9.16. The topological polar surface area (TPSA) is 166 Å². The molecule has 0 bridgehead atoms. The summed E-state index contributed by atoms with van der Waals surface area (Å²) in [6, 6.07) is 5.18. The third-order valence-corrected chi connectivity index (χ3v) is 8.55. The van der Waals surface area contributed by atoms with Crippen LogP contribution in [0.3, 0.4) is 0 Å². The van der Waals surface area contributed by atoms with Crippen molar-refractivity contribution < 1.29 is 44.7 Å². The summed E-state index contributed by atoms with van der Waals surface area (Å²) in [5, 5.41) is -1.01. The highest BCUT2D eigenvalue weighted by atomic mass is 32.4. The van der Waals surface area contributed by atoms with E-state index in [1.165, 1.54) is 18.2 Å². The van der Waals surface area contributed by atoms with Crippen LogP contribution < -0.4 is 11.3 Å². The van der Waals surface area contributed by atoms with Gasteiger partial charge in [-0.2, -0.15) is 0 Å². The molecule has 2 aromatic rings. The number of fused-ring (bicyclic) bond motifs is 3. The second-order valence-corrected chi connectivity index (χ2v) is 9.38. The van der Waals surface area contributed by atoms with E-state index < -0.39 is 60.3 Å². The van der Waals surface area contributed by atoms with Gasteiger partial charge in [0.1, 0.15) is 4.90 Å². The second-order valence-electron chi connectivity index (χ2n) is 5.55. The minimum absolute atomic E-state index is 0.125. The predicted molar refractivity (Wildman–Crippen MR) is 77.4 cm³/mol. The molecule has 12 nitrogen and oxygen atoms in total. The molecule has 13 heteroatoms. The van der Waals surface area contributed by atoms with Crippen molar-refractivity contribution in [3.8, 4) is 11.3 Å². The highest BCUT2D eigenvalue weighted by molar-refractivity contribution is 8.52. The largest absolute Gasteiger partial charge is 0.435 e. The summed E-state index contributed by atoms with van der Waals surface area (Å²) in [4.78, 5) is 71.1. The molecule has 0 aliphatic carbocycles. The Hall–Kier alpha value is -3.87. The van der Waals surface area contributed by atoms with Crippen LogP contribution in [0.1, 0.15) is 0 Å². The Balaban J connectivity index is 2.12. The molecule has 2 saturated heterocycles. The van der Waals surface area contributed by atoms with Gasteiger partial charge in [0.25, 0.3) is 0 Å². The lowest BCUT2D eigenvalue weighted by atomic mass is 10.2. The molecule has 0 saturated carbocycles. The van der Waals surface area contributed by atoms with E-state index in [0.29, 0.717) is 0 Å². The molecule has 0 amide bonds. The molecule has 5 rings (SSSR count). The molecule has 1 spiro atoms. The molecule has 4 heterocycles. The number of hydrogen-bond acceptors (Lipinski definition) is 12. The van der Waals surface area contributed by atoms with Crippen molar-refractivity contribution in [3.05, 3.63) is 45.1 Å². The van der Waals surface area contributed by atoms with Gasteiger partial charge in [0.05, 0.1) is 0 Å². The van der Waals surface area contributed by atoms with Crippen LogP contribution in [0.25, 0.3) is 11.3 Å². The predicted octanol–water partition coefficient (Wildman–Crippen LogP) is -0.273. The van der Waals surface area contributed by atoms with Crippen LogP contribution in [0.15, 0.2) is 52.7 Å².